The molecule has 0 radical (unpaired) electrons. The van der Waals surface area contributed by atoms with Gasteiger partial charge in [-0.25, -0.2) is 22.9 Å². The smallest absolute Gasteiger partial charge is 0.341 e. The Kier molecular flexibility index (Phi) is 9.18. The molecule has 218 valence electrons. The first-order chi connectivity index (χ1) is 18.8. The fraction of sp³-hybridized carbons (Fsp3) is 0.192. The van der Waals surface area contributed by atoms with Gasteiger partial charge in [0.25, 0.3) is 10.1 Å². The number of rotatable bonds is 4. The van der Waals surface area contributed by atoms with Crippen LogP contribution in [0.2, 0.25) is 0 Å². The van der Waals surface area contributed by atoms with Crippen LogP contribution in [0.1, 0.15) is 22.3 Å². The van der Waals surface area contributed by atoms with Crippen molar-refractivity contribution in [3.8, 4) is 5.69 Å². The van der Waals surface area contributed by atoms with E-state index in [0.29, 0.717) is 25.6 Å². The van der Waals surface area contributed by atoms with E-state index < -0.39 is 44.5 Å². The molecular weight excluding hydrogens is 569 g/mol. The van der Waals surface area contributed by atoms with Crippen LogP contribution in [-0.2, 0) is 10.1 Å². The molecule has 3 heterocycles. The van der Waals surface area contributed by atoms with Gasteiger partial charge in [0.15, 0.2) is 17.3 Å². The standard InChI is InChI=1S/C19H15F3N4O3.C7H8O3S.H2O/c20-9-1-2-15(13(21)5-9)26-8-12(19(28)29)16(27)11-6-14(22)18(24-17(11)26)25-4-3-10(23)7-25;1-6-2-4-7(5-3-6)11(8,9)10;/h1-2,5-6,8,10H,3-4,7,23H2,(H,28,29);2-5H,1H3,(H,8,9,10);1H2. The Morgan fingerprint density at radius 2 is 1.73 bits per heavy atom. The molecule has 2 aromatic heterocycles. The van der Waals surface area contributed by atoms with Crippen LogP contribution in [0.3, 0.4) is 0 Å². The summed E-state index contributed by atoms with van der Waals surface area (Å²) in [7, 11) is -4.02. The van der Waals surface area contributed by atoms with Gasteiger partial charge in [-0.05, 0) is 43.7 Å². The number of halogens is 3. The normalized spacial score (nSPS) is 14.8. The summed E-state index contributed by atoms with van der Waals surface area (Å²) in [6, 6.07) is 9.38. The van der Waals surface area contributed by atoms with Crippen LogP contribution in [0.4, 0.5) is 19.0 Å². The van der Waals surface area contributed by atoms with Gasteiger partial charge in [-0.15, -0.1) is 0 Å². The predicted octanol–water partition coefficient (Wildman–Crippen LogP) is 2.46. The molecule has 41 heavy (non-hydrogen) atoms. The molecule has 2 aromatic carbocycles. The summed E-state index contributed by atoms with van der Waals surface area (Å²) >= 11 is 0. The van der Waals surface area contributed by atoms with Crippen molar-refractivity contribution in [2.24, 2.45) is 5.73 Å². The van der Waals surface area contributed by atoms with Gasteiger partial charge in [-0.3, -0.25) is 13.9 Å². The average Bonchev–Trinajstić information content (AvgIpc) is 3.30. The molecule has 1 aliphatic rings. The summed E-state index contributed by atoms with van der Waals surface area (Å²) in [6.07, 6.45) is 1.52. The number of hydrogen-bond acceptors (Lipinski definition) is 7. The molecule has 6 N–H and O–H groups in total. The molecule has 5 rings (SSSR count). The fourth-order valence-electron chi connectivity index (χ4n) is 4.14. The molecule has 4 aromatic rings. The first-order valence-electron chi connectivity index (χ1n) is 11.8. The number of carbonyl (C=O) groups is 1. The minimum atomic E-state index is -4.02. The highest BCUT2D eigenvalue weighted by molar-refractivity contribution is 7.85. The fourth-order valence-corrected chi connectivity index (χ4v) is 4.62. The van der Waals surface area contributed by atoms with Crippen LogP contribution in [0.5, 0.6) is 0 Å². The van der Waals surface area contributed by atoms with Crippen LogP contribution in [-0.4, -0.2) is 58.2 Å². The topological polar surface area (TPSA) is 187 Å². The van der Waals surface area contributed by atoms with Crippen molar-refractivity contribution in [2.75, 3.05) is 18.0 Å². The van der Waals surface area contributed by atoms with E-state index in [-0.39, 0.29) is 39.0 Å². The maximum absolute atomic E-state index is 14.7. The zero-order valence-electron chi connectivity index (χ0n) is 21.4. The van der Waals surface area contributed by atoms with Crippen LogP contribution in [0.25, 0.3) is 16.7 Å². The van der Waals surface area contributed by atoms with Gasteiger partial charge in [0.05, 0.1) is 16.0 Å². The van der Waals surface area contributed by atoms with E-state index in [1.54, 1.807) is 17.0 Å². The van der Waals surface area contributed by atoms with Crippen molar-refractivity contribution in [3.63, 3.8) is 0 Å². The Hall–Kier alpha value is -4.31. The molecule has 1 aliphatic heterocycles. The van der Waals surface area contributed by atoms with Gasteiger partial charge >= 0.3 is 5.97 Å². The number of aryl methyl sites for hydroxylation is 1. The van der Waals surface area contributed by atoms with Crippen LogP contribution < -0.4 is 16.1 Å². The minimum absolute atomic E-state index is 0. The van der Waals surface area contributed by atoms with E-state index in [0.717, 1.165) is 34.5 Å². The number of nitrogens with two attached hydrogens (primary N) is 1. The molecule has 0 amide bonds. The zero-order chi connectivity index (χ0) is 29.4. The number of benzene rings is 2. The van der Waals surface area contributed by atoms with E-state index in [2.05, 4.69) is 4.98 Å². The molecule has 0 spiro atoms. The Morgan fingerprint density at radius 3 is 2.27 bits per heavy atom. The lowest BCUT2D eigenvalue weighted by molar-refractivity contribution is 0.0695. The first kappa shape index (κ1) is 31.2. The maximum atomic E-state index is 14.7. The molecule has 1 fully saturated rings. The lowest BCUT2D eigenvalue weighted by Gasteiger charge is -2.19. The highest BCUT2D eigenvalue weighted by Gasteiger charge is 2.26. The molecular formula is C26H25F3N4O7S. The van der Waals surface area contributed by atoms with E-state index in [9.17, 15) is 36.3 Å². The molecule has 15 heteroatoms. The number of aromatic carboxylic acids is 1. The summed E-state index contributed by atoms with van der Waals surface area (Å²) in [5.41, 5.74) is 4.78. The van der Waals surface area contributed by atoms with Crippen molar-refractivity contribution < 1.29 is 41.5 Å². The third-order valence-corrected chi connectivity index (χ3v) is 7.02. The second kappa shape index (κ2) is 12.1. The largest absolute Gasteiger partial charge is 0.477 e. The monoisotopic (exact) mass is 594 g/mol. The van der Waals surface area contributed by atoms with Crippen LogP contribution in [0.15, 0.2) is 64.4 Å². The number of aromatic nitrogens is 2. The number of nitrogens with zero attached hydrogens (tertiary/aromatic N) is 3. The molecule has 1 atom stereocenters. The Morgan fingerprint density at radius 1 is 1.07 bits per heavy atom. The number of pyridine rings is 2. The molecule has 0 aliphatic carbocycles. The van der Waals surface area contributed by atoms with Gasteiger partial charge in [-0.1, -0.05) is 17.7 Å². The number of carboxylic acids is 1. The van der Waals surface area contributed by atoms with Crippen LogP contribution >= 0.6 is 0 Å². The number of hydrogen-bond donors (Lipinski definition) is 3. The molecule has 0 saturated carbocycles. The Balaban J connectivity index is 0.000000326. The van der Waals surface area contributed by atoms with Crippen molar-refractivity contribution in [1.82, 2.24) is 9.55 Å². The summed E-state index contributed by atoms with van der Waals surface area (Å²) < 4.78 is 73.0. The maximum Gasteiger partial charge on any atom is 0.341 e. The summed E-state index contributed by atoms with van der Waals surface area (Å²) in [6.45, 7) is 2.63. The van der Waals surface area contributed by atoms with Crippen molar-refractivity contribution >= 4 is 32.9 Å². The number of fused-ring (bicyclic) bond motifs is 1. The van der Waals surface area contributed by atoms with Crippen molar-refractivity contribution in [2.45, 2.75) is 24.3 Å². The summed E-state index contributed by atoms with van der Waals surface area (Å²) in [4.78, 5) is 29.8. The molecule has 1 saturated heterocycles. The van der Waals surface area contributed by atoms with E-state index >= 15 is 0 Å². The highest BCUT2D eigenvalue weighted by Crippen LogP contribution is 2.26. The number of anilines is 1. The minimum Gasteiger partial charge on any atom is -0.477 e. The summed E-state index contributed by atoms with van der Waals surface area (Å²) in [5, 5.41) is 9.00. The lowest BCUT2D eigenvalue weighted by Crippen LogP contribution is -2.28. The summed E-state index contributed by atoms with van der Waals surface area (Å²) in [5.74, 6) is -4.30. The van der Waals surface area contributed by atoms with E-state index in [1.165, 1.54) is 12.1 Å². The van der Waals surface area contributed by atoms with E-state index in [4.69, 9.17) is 10.3 Å². The van der Waals surface area contributed by atoms with E-state index in [1.807, 2.05) is 6.92 Å². The first-order valence-corrected chi connectivity index (χ1v) is 13.2. The van der Waals surface area contributed by atoms with Gasteiger partial charge in [0, 0.05) is 31.4 Å². The quantitative estimate of drug-likeness (QED) is 0.298. The third-order valence-electron chi connectivity index (χ3n) is 6.16. The second-order valence-corrected chi connectivity index (χ2v) is 10.5. The van der Waals surface area contributed by atoms with Gasteiger partial charge in [0.2, 0.25) is 5.43 Å². The van der Waals surface area contributed by atoms with Gasteiger partial charge in [0.1, 0.15) is 17.2 Å². The Labute approximate surface area is 231 Å². The molecule has 1 unspecified atom stereocenters. The van der Waals surface area contributed by atoms with Gasteiger partial charge < -0.3 is 21.2 Å². The SMILES string of the molecule is Cc1ccc(S(=O)(=O)O)cc1.NC1CCN(c2nc3c(cc2F)c(=O)c(C(=O)O)cn3-c2ccc(F)cc2F)C1.O. The predicted molar refractivity (Wildman–Crippen MR) is 144 cm³/mol. The Bertz CT molecular complexity index is 1780. The third kappa shape index (κ3) is 6.71. The second-order valence-electron chi connectivity index (χ2n) is 9.09. The lowest BCUT2D eigenvalue weighted by atomic mass is 10.1. The zero-order valence-corrected chi connectivity index (χ0v) is 22.2. The van der Waals surface area contributed by atoms with Gasteiger partial charge in [-0.2, -0.15) is 8.42 Å². The van der Waals surface area contributed by atoms with Crippen LogP contribution in [0, 0.1) is 24.4 Å². The highest BCUT2D eigenvalue weighted by atomic mass is 32.2. The number of carboxylic acid groups (broad SMARTS) is 1. The van der Waals surface area contributed by atoms with Crippen molar-refractivity contribution in [1.29, 1.82) is 0 Å². The average molecular weight is 595 g/mol. The van der Waals surface area contributed by atoms with Crippen molar-refractivity contribution in [3.05, 3.63) is 93.5 Å². The molecule has 0 bridgehead atoms. The molecule has 11 nitrogen and oxygen atoms in total.